The first-order valence-corrected chi connectivity index (χ1v) is 6.97. The van der Waals surface area contributed by atoms with E-state index in [9.17, 15) is 0 Å². The van der Waals surface area contributed by atoms with Gasteiger partial charge in [0.2, 0.25) is 0 Å². The molecule has 0 atom stereocenters. The van der Waals surface area contributed by atoms with Crippen molar-refractivity contribution in [1.29, 1.82) is 0 Å². The zero-order valence-corrected chi connectivity index (χ0v) is 11.6. The van der Waals surface area contributed by atoms with Crippen LogP contribution in [0.5, 0.6) is 0 Å². The molecule has 0 saturated heterocycles. The molecule has 1 aliphatic heterocycles. The van der Waals surface area contributed by atoms with Gasteiger partial charge in [0.1, 0.15) is 0 Å². The van der Waals surface area contributed by atoms with Crippen LogP contribution in [0.3, 0.4) is 0 Å². The minimum Gasteiger partial charge on any atom is -0.326 e. The summed E-state index contributed by atoms with van der Waals surface area (Å²) in [6, 6.07) is 0.639. The average Bonchev–Trinajstić information content (AvgIpc) is 2.51. The van der Waals surface area contributed by atoms with Crippen LogP contribution in [0.2, 0.25) is 0 Å². The maximum absolute atomic E-state index is 5.78. The van der Waals surface area contributed by atoms with E-state index in [4.69, 9.17) is 5.73 Å². The molecule has 84 valence electrons. The molecule has 2 heterocycles. The third-order valence-electron chi connectivity index (χ3n) is 3.08. The molecule has 0 radical (unpaired) electrons. The van der Waals surface area contributed by atoms with Crippen molar-refractivity contribution in [2.24, 2.45) is 5.73 Å². The maximum Gasteiger partial charge on any atom is 0.0749 e. The fourth-order valence-electron chi connectivity index (χ4n) is 2.10. The smallest absolute Gasteiger partial charge is 0.0749 e. The first-order valence-electron chi connectivity index (χ1n) is 5.36. The van der Waals surface area contributed by atoms with Gasteiger partial charge in [0.25, 0.3) is 0 Å². The third-order valence-corrected chi connectivity index (χ3v) is 5.09. The van der Waals surface area contributed by atoms with Crippen molar-refractivity contribution in [3.63, 3.8) is 0 Å². The molecule has 0 fully saturated rings. The van der Waals surface area contributed by atoms with Crippen LogP contribution in [0.4, 0.5) is 0 Å². The molecule has 0 aliphatic carbocycles. The highest BCUT2D eigenvalue weighted by Gasteiger charge is 2.23. The Balaban J connectivity index is 2.28. The quantitative estimate of drug-likeness (QED) is 0.907. The van der Waals surface area contributed by atoms with Gasteiger partial charge >= 0.3 is 0 Å². The number of hydrogen-bond donors (Lipinski definition) is 1. The molecule has 0 unspecified atom stereocenters. The van der Waals surface area contributed by atoms with E-state index in [1.165, 1.54) is 26.3 Å². The molecule has 0 aromatic carbocycles. The number of halogens is 1. The number of thiophene rings is 1. The van der Waals surface area contributed by atoms with E-state index in [0.717, 1.165) is 13.0 Å². The zero-order chi connectivity index (χ0) is 11.0. The highest BCUT2D eigenvalue weighted by atomic mass is 79.9. The molecule has 4 heteroatoms. The zero-order valence-electron chi connectivity index (χ0n) is 9.22. The molecule has 2 rings (SSSR count). The summed E-state index contributed by atoms with van der Waals surface area (Å²) in [4.78, 5) is 4.02. The first-order chi connectivity index (χ1) is 7.13. The number of fused-ring (bicyclic) bond motifs is 1. The van der Waals surface area contributed by atoms with Crippen LogP contribution in [-0.2, 0) is 19.5 Å². The standard InChI is InChI=1S/C11H17BrN2S/c1-7(2)14-4-3-8-9(5-13)11(12)15-10(8)6-14/h7H,3-6,13H2,1-2H3. The van der Waals surface area contributed by atoms with Gasteiger partial charge in [-0.2, -0.15) is 0 Å². The van der Waals surface area contributed by atoms with Crippen molar-refractivity contribution >= 4 is 27.3 Å². The van der Waals surface area contributed by atoms with Gasteiger partial charge in [-0.15, -0.1) is 11.3 Å². The second-order valence-corrected chi connectivity index (χ2v) is 6.70. The molecule has 2 nitrogen and oxygen atoms in total. The molecule has 1 aromatic heterocycles. The Morgan fingerprint density at radius 3 is 2.87 bits per heavy atom. The molecule has 1 aliphatic rings. The summed E-state index contributed by atoms with van der Waals surface area (Å²) in [5.74, 6) is 0. The highest BCUT2D eigenvalue weighted by molar-refractivity contribution is 9.11. The fraction of sp³-hybridized carbons (Fsp3) is 0.636. The average molecular weight is 289 g/mol. The summed E-state index contributed by atoms with van der Waals surface area (Å²) in [6.45, 7) is 7.44. The summed E-state index contributed by atoms with van der Waals surface area (Å²) >= 11 is 5.47. The van der Waals surface area contributed by atoms with Crippen molar-refractivity contribution in [2.45, 2.75) is 39.4 Å². The molecule has 2 N–H and O–H groups in total. The van der Waals surface area contributed by atoms with E-state index in [0.29, 0.717) is 12.6 Å². The van der Waals surface area contributed by atoms with Crippen LogP contribution in [0.25, 0.3) is 0 Å². The van der Waals surface area contributed by atoms with E-state index in [-0.39, 0.29) is 0 Å². The van der Waals surface area contributed by atoms with Crippen molar-refractivity contribution < 1.29 is 0 Å². The van der Waals surface area contributed by atoms with Crippen molar-refractivity contribution in [2.75, 3.05) is 6.54 Å². The monoisotopic (exact) mass is 288 g/mol. The van der Waals surface area contributed by atoms with Crippen molar-refractivity contribution in [1.82, 2.24) is 4.90 Å². The lowest BCUT2D eigenvalue weighted by molar-refractivity contribution is 0.206. The van der Waals surface area contributed by atoms with E-state index in [1.54, 1.807) is 0 Å². The molecule has 0 saturated carbocycles. The number of nitrogens with two attached hydrogens (primary N) is 1. The number of nitrogens with zero attached hydrogens (tertiary/aromatic N) is 1. The Labute approximate surface area is 104 Å². The van der Waals surface area contributed by atoms with Gasteiger partial charge in [0, 0.05) is 30.6 Å². The summed E-state index contributed by atoms with van der Waals surface area (Å²) in [5.41, 5.74) is 8.61. The normalized spacial score (nSPS) is 17.1. The highest BCUT2D eigenvalue weighted by Crippen LogP contribution is 2.36. The maximum atomic E-state index is 5.78. The molecular weight excluding hydrogens is 272 g/mol. The Hall–Kier alpha value is 0.1000. The second-order valence-electron chi connectivity index (χ2n) is 4.27. The lowest BCUT2D eigenvalue weighted by Crippen LogP contribution is -2.35. The van der Waals surface area contributed by atoms with Crippen LogP contribution in [0, 0.1) is 0 Å². The minimum atomic E-state index is 0.639. The lowest BCUT2D eigenvalue weighted by atomic mass is 10.0. The first kappa shape index (κ1) is 11.6. The molecule has 0 bridgehead atoms. The Morgan fingerprint density at radius 1 is 1.53 bits per heavy atom. The largest absolute Gasteiger partial charge is 0.326 e. The fourth-order valence-corrected chi connectivity index (χ4v) is 4.21. The number of hydrogen-bond acceptors (Lipinski definition) is 3. The van der Waals surface area contributed by atoms with Gasteiger partial charge in [0.15, 0.2) is 0 Å². The SMILES string of the molecule is CC(C)N1CCc2c(sc(Br)c2CN)C1. The summed E-state index contributed by atoms with van der Waals surface area (Å²) in [7, 11) is 0. The van der Waals surface area contributed by atoms with Gasteiger partial charge < -0.3 is 5.73 Å². The minimum absolute atomic E-state index is 0.639. The Kier molecular flexibility index (Phi) is 3.50. The van der Waals surface area contributed by atoms with Gasteiger partial charge in [-0.25, -0.2) is 0 Å². The van der Waals surface area contributed by atoms with Crippen molar-refractivity contribution in [3.05, 3.63) is 19.8 Å². The molecule has 1 aromatic rings. The molecule has 0 spiro atoms. The van der Waals surface area contributed by atoms with Crippen LogP contribution in [0.15, 0.2) is 3.79 Å². The van der Waals surface area contributed by atoms with Crippen LogP contribution < -0.4 is 5.73 Å². The Morgan fingerprint density at radius 2 is 2.27 bits per heavy atom. The van der Waals surface area contributed by atoms with E-state index < -0.39 is 0 Å². The van der Waals surface area contributed by atoms with Crippen molar-refractivity contribution in [3.8, 4) is 0 Å². The van der Waals surface area contributed by atoms with Gasteiger partial charge in [0.05, 0.1) is 3.79 Å². The van der Waals surface area contributed by atoms with Crippen LogP contribution >= 0.6 is 27.3 Å². The Bertz CT molecular complexity index is 360. The summed E-state index contributed by atoms with van der Waals surface area (Å²) in [5, 5.41) is 0. The topological polar surface area (TPSA) is 29.3 Å². The summed E-state index contributed by atoms with van der Waals surface area (Å²) < 4.78 is 1.24. The van der Waals surface area contributed by atoms with Gasteiger partial charge in [-0.3, -0.25) is 4.90 Å². The number of rotatable bonds is 2. The predicted molar refractivity (Wildman–Crippen MR) is 69.2 cm³/mol. The van der Waals surface area contributed by atoms with E-state index >= 15 is 0 Å². The van der Waals surface area contributed by atoms with Gasteiger partial charge in [-0.1, -0.05) is 0 Å². The van der Waals surface area contributed by atoms with Crippen LogP contribution in [-0.4, -0.2) is 17.5 Å². The molecule has 0 amide bonds. The lowest BCUT2D eigenvalue weighted by Gasteiger charge is -2.30. The molecular formula is C11H17BrN2S. The predicted octanol–water partition coefficient (Wildman–Crippen LogP) is 2.74. The second kappa shape index (κ2) is 4.53. The van der Waals surface area contributed by atoms with Crippen LogP contribution in [0.1, 0.15) is 29.9 Å². The van der Waals surface area contributed by atoms with E-state index in [2.05, 4.69) is 34.7 Å². The molecule has 15 heavy (non-hydrogen) atoms. The third kappa shape index (κ3) is 2.13. The van der Waals surface area contributed by atoms with E-state index in [1.807, 2.05) is 11.3 Å². The van der Waals surface area contributed by atoms with Gasteiger partial charge in [-0.05, 0) is 47.3 Å². The summed E-state index contributed by atoms with van der Waals surface area (Å²) in [6.07, 6.45) is 1.15.